The molecule has 29 heavy (non-hydrogen) atoms. The number of nitrogens with one attached hydrogen (secondary N) is 1. The summed E-state index contributed by atoms with van der Waals surface area (Å²) in [6, 6.07) is 16.7. The lowest BCUT2D eigenvalue weighted by molar-refractivity contribution is 0.0527. The molecule has 0 aliphatic carbocycles. The Labute approximate surface area is 173 Å². The highest BCUT2D eigenvalue weighted by Gasteiger charge is 2.13. The van der Waals surface area contributed by atoms with Crippen LogP contribution in [0, 0.1) is 11.3 Å². The summed E-state index contributed by atoms with van der Waals surface area (Å²) in [5.41, 5.74) is 2.99. The maximum absolute atomic E-state index is 12.1. The van der Waals surface area contributed by atoms with Gasteiger partial charge in [0, 0.05) is 17.1 Å². The first-order valence-corrected chi connectivity index (χ1v) is 9.77. The third kappa shape index (κ3) is 4.81. The third-order valence-corrected chi connectivity index (χ3v) is 4.89. The molecule has 146 valence electrons. The van der Waals surface area contributed by atoms with Crippen molar-refractivity contribution < 1.29 is 14.3 Å². The van der Waals surface area contributed by atoms with Gasteiger partial charge in [-0.1, -0.05) is 24.3 Å². The van der Waals surface area contributed by atoms with Crippen molar-refractivity contribution in [2.75, 3.05) is 19.0 Å². The molecule has 6 nitrogen and oxygen atoms in total. The third-order valence-electron chi connectivity index (χ3n) is 4.01. The molecule has 3 rings (SSSR count). The van der Waals surface area contributed by atoms with Crippen LogP contribution in [0.25, 0.3) is 16.8 Å². The monoisotopic (exact) mass is 405 g/mol. The molecule has 3 aromatic rings. The molecule has 7 heteroatoms. The molecular weight excluding hydrogens is 386 g/mol. The normalized spacial score (nSPS) is 10.9. The van der Waals surface area contributed by atoms with Gasteiger partial charge in [-0.2, -0.15) is 5.26 Å². The van der Waals surface area contributed by atoms with E-state index in [1.165, 1.54) is 11.3 Å². The number of allylic oxidation sites excluding steroid dienone is 1. The van der Waals surface area contributed by atoms with Crippen molar-refractivity contribution in [1.29, 1.82) is 5.26 Å². The van der Waals surface area contributed by atoms with Crippen LogP contribution in [0.2, 0.25) is 0 Å². The molecule has 0 saturated carbocycles. The fourth-order valence-corrected chi connectivity index (χ4v) is 3.39. The lowest BCUT2D eigenvalue weighted by Crippen LogP contribution is -2.07. The van der Waals surface area contributed by atoms with Crippen molar-refractivity contribution in [3.05, 3.63) is 70.7 Å². The van der Waals surface area contributed by atoms with Crippen LogP contribution in [0.4, 0.5) is 5.69 Å². The van der Waals surface area contributed by atoms with E-state index in [2.05, 4.69) is 16.4 Å². The Hall–Kier alpha value is -3.63. The quantitative estimate of drug-likeness (QED) is 0.441. The van der Waals surface area contributed by atoms with E-state index in [-0.39, 0.29) is 0 Å². The minimum Gasteiger partial charge on any atom is -0.497 e. The summed E-state index contributed by atoms with van der Waals surface area (Å²) in [5, 5.41) is 15.1. The number of methoxy groups -OCH3 is 1. The number of nitriles is 1. The number of carbonyl (C=O) groups is 1. The summed E-state index contributed by atoms with van der Waals surface area (Å²) in [5.74, 6) is 0.322. The van der Waals surface area contributed by atoms with Gasteiger partial charge in [0.1, 0.15) is 22.4 Å². The Balaban J connectivity index is 1.84. The molecule has 0 aliphatic rings. The van der Waals surface area contributed by atoms with Crippen LogP contribution in [-0.2, 0) is 4.74 Å². The number of aromatic nitrogens is 1. The fourth-order valence-electron chi connectivity index (χ4n) is 2.60. The summed E-state index contributed by atoms with van der Waals surface area (Å²) >= 11 is 1.37. The number of rotatable bonds is 7. The number of carbonyl (C=O) groups excluding carboxylic acids is 1. The molecule has 1 heterocycles. The highest BCUT2D eigenvalue weighted by Crippen LogP contribution is 2.28. The van der Waals surface area contributed by atoms with Gasteiger partial charge in [-0.05, 0) is 31.2 Å². The molecule has 1 N–H and O–H groups in total. The largest absolute Gasteiger partial charge is 0.497 e. The molecule has 0 spiro atoms. The summed E-state index contributed by atoms with van der Waals surface area (Å²) in [7, 11) is 1.61. The van der Waals surface area contributed by atoms with Crippen molar-refractivity contribution >= 4 is 28.6 Å². The van der Waals surface area contributed by atoms with Gasteiger partial charge in [0.25, 0.3) is 0 Å². The van der Waals surface area contributed by atoms with Gasteiger partial charge in [0.05, 0.1) is 30.7 Å². The van der Waals surface area contributed by atoms with Crippen molar-refractivity contribution in [2.24, 2.45) is 0 Å². The smallest absolute Gasteiger partial charge is 0.340 e. The van der Waals surface area contributed by atoms with E-state index in [1.54, 1.807) is 44.5 Å². The Bertz CT molecular complexity index is 1080. The summed E-state index contributed by atoms with van der Waals surface area (Å²) in [4.78, 5) is 16.7. The van der Waals surface area contributed by atoms with Crippen LogP contribution >= 0.6 is 11.3 Å². The second-order valence-corrected chi connectivity index (χ2v) is 6.71. The van der Waals surface area contributed by atoms with Crippen LogP contribution in [0.3, 0.4) is 0 Å². The van der Waals surface area contributed by atoms with Crippen molar-refractivity contribution in [1.82, 2.24) is 4.98 Å². The van der Waals surface area contributed by atoms with Gasteiger partial charge in [-0.15, -0.1) is 11.3 Å². The predicted octanol–water partition coefficient (Wildman–Crippen LogP) is 4.97. The van der Waals surface area contributed by atoms with Crippen molar-refractivity contribution in [3.8, 4) is 23.1 Å². The Morgan fingerprint density at radius 2 is 2.10 bits per heavy atom. The summed E-state index contributed by atoms with van der Waals surface area (Å²) < 4.78 is 10.3. The number of thiazole rings is 1. The van der Waals surface area contributed by atoms with Gasteiger partial charge in [-0.25, -0.2) is 9.78 Å². The van der Waals surface area contributed by atoms with E-state index < -0.39 is 5.97 Å². The highest BCUT2D eigenvalue weighted by molar-refractivity contribution is 7.11. The summed E-state index contributed by atoms with van der Waals surface area (Å²) in [6.45, 7) is 2.04. The van der Waals surface area contributed by atoms with Crippen LogP contribution in [0.1, 0.15) is 22.3 Å². The van der Waals surface area contributed by atoms with Crippen LogP contribution in [0.5, 0.6) is 5.75 Å². The van der Waals surface area contributed by atoms with E-state index in [9.17, 15) is 10.1 Å². The molecule has 0 bridgehead atoms. The molecule has 2 aromatic carbocycles. The van der Waals surface area contributed by atoms with Crippen LogP contribution in [0.15, 0.2) is 60.1 Å². The standard InChI is InChI=1S/C22H19N3O3S/c1-3-28-22(26)18-9-4-5-10-19(18)24-13-16(12-23)21-25-20(14-29-21)15-7-6-8-17(11-15)27-2/h4-11,13-14,24H,3H2,1-2H3/b16-13+. The van der Waals surface area contributed by atoms with Gasteiger partial charge in [-0.3, -0.25) is 0 Å². The molecule has 0 atom stereocenters. The number of hydrogen-bond acceptors (Lipinski definition) is 7. The first-order chi connectivity index (χ1) is 14.2. The number of nitrogens with zero attached hydrogens (tertiary/aromatic N) is 2. The van der Waals surface area contributed by atoms with E-state index >= 15 is 0 Å². The lowest BCUT2D eigenvalue weighted by Gasteiger charge is -2.08. The molecule has 0 saturated heterocycles. The fraction of sp³-hybridized carbons (Fsp3) is 0.136. The minimum atomic E-state index is -0.419. The molecule has 0 radical (unpaired) electrons. The number of benzene rings is 2. The number of anilines is 1. The average molecular weight is 405 g/mol. The zero-order valence-corrected chi connectivity index (χ0v) is 16.8. The summed E-state index contributed by atoms with van der Waals surface area (Å²) in [6.07, 6.45) is 1.55. The highest BCUT2D eigenvalue weighted by atomic mass is 32.1. The zero-order chi connectivity index (χ0) is 20.6. The molecule has 1 aromatic heterocycles. The molecule has 0 unspecified atom stereocenters. The second kappa shape index (κ2) is 9.53. The minimum absolute atomic E-state index is 0.290. The maximum atomic E-state index is 12.1. The Morgan fingerprint density at radius 3 is 2.86 bits per heavy atom. The lowest BCUT2D eigenvalue weighted by atomic mass is 10.1. The first kappa shape index (κ1) is 20.1. The van der Waals surface area contributed by atoms with Crippen LogP contribution in [-0.4, -0.2) is 24.7 Å². The van der Waals surface area contributed by atoms with E-state index in [4.69, 9.17) is 9.47 Å². The number of esters is 1. The molecular formula is C22H19N3O3S. The van der Waals surface area contributed by atoms with E-state index in [1.807, 2.05) is 29.6 Å². The molecule has 0 aliphatic heterocycles. The number of para-hydroxylation sites is 1. The van der Waals surface area contributed by atoms with E-state index in [0.717, 1.165) is 17.0 Å². The zero-order valence-electron chi connectivity index (χ0n) is 16.0. The number of hydrogen-bond donors (Lipinski definition) is 1. The SMILES string of the molecule is CCOC(=O)c1ccccc1N/C=C(\C#N)c1nc(-c2cccc(OC)c2)cs1. The second-order valence-electron chi connectivity index (χ2n) is 5.85. The Kier molecular flexibility index (Phi) is 6.61. The molecule has 0 amide bonds. The topological polar surface area (TPSA) is 84.2 Å². The molecule has 0 fully saturated rings. The number of ether oxygens (including phenoxy) is 2. The van der Waals surface area contributed by atoms with Crippen molar-refractivity contribution in [3.63, 3.8) is 0 Å². The maximum Gasteiger partial charge on any atom is 0.340 e. The van der Waals surface area contributed by atoms with Crippen molar-refractivity contribution in [2.45, 2.75) is 6.92 Å². The van der Waals surface area contributed by atoms with Gasteiger partial charge in [0.2, 0.25) is 0 Å². The van der Waals surface area contributed by atoms with Gasteiger partial charge in [0.15, 0.2) is 0 Å². The Morgan fingerprint density at radius 1 is 1.28 bits per heavy atom. The van der Waals surface area contributed by atoms with Gasteiger partial charge >= 0.3 is 5.97 Å². The average Bonchev–Trinajstić information content (AvgIpc) is 3.25. The van der Waals surface area contributed by atoms with Gasteiger partial charge < -0.3 is 14.8 Å². The first-order valence-electron chi connectivity index (χ1n) is 8.89. The predicted molar refractivity (Wildman–Crippen MR) is 114 cm³/mol. The van der Waals surface area contributed by atoms with Crippen LogP contribution < -0.4 is 10.1 Å². The van der Waals surface area contributed by atoms with E-state index in [0.29, 0.717) is 28.4 Å².